The van der Waals surface area contributed by atoms with Crippen LogP contribution < -0.4 is 5.73 Å². The van der Waals surface area contributed by atoms with Crippen molar-refractivity contribution in [2.75, 3.05) is 7.11 Å². The lowest BCUT2D eigenvalue weighted by atomic mass is 9.92. The quantitative estimate of drug-likeness (QED) is 0.485. The Bertz CT molecular complexity index is 597. The van der Waals surface area contributed by atoms with Gasteiger partial charge in [-0.25, -0.2) is 0 Å². The van der Waals surface area contributed by atoms with E-state index in [0.717, 1.165) is 18.4 Å². The summed E-state index contributed by atoms with van der Waals surface area (Å²) < 4.78 is 4.84. The summed E-state index contributed by atoms with van der Waals surface area (Å²) in [5, 5.41) is 0. The molecule has 0 radical (unpaired) electrons. The highest BCUT2D eigenvalue weighted by molar-refractivity contribution is 5.81. The van der Waals surface area contributed by atoms with Gasteiger partial charge in [0.05, 0.1) is 7.11 Å². The van der Waals surface area contributed by atoms with E-state index in [2.05, 4.69) is 43.0 Å². The Morgan fingerprint density at radius 3 is 2.71 bits per heavy atom. The fraction of sp³-hybridized carbons (Fsp3) is 0.571. The largest absolute Gasteiger partial charge is 0.468 e. The second-order valence-corrected chi connectivity index (χ2v) is 6.82. The highest BCUT2D eigenvalue weighted by atomic mass is 16.5. The number of hydrogen-bond acceptors (Lipinski definition) is 3. The predicted molar refractivity (Wildman–Crippen MR) is 97.6 cm³/mol. The molecule has 2 N–H and O–H groups in total. The van der Waals surface area contributed by atoms with E-state index in [9.17, 15) is 4.79 Å². The Hall–Kier alpha value is -1.79. The number of unbranched alkanes of at least 4 members (excludes halogenated alkanes) is 4. The zero-order valence-electron chi connectivity index (χ0n) is 14.9. The zero-order valence-corrected chi connectivity index (χ0v) is 14.9. The number of rotatable bonds is 6. The number of ether oxygens (including phenoxy) is 1. The summed E-state index contributed by atoms with van der Waals surface area (Å²) in [4.78, 5) is 11.8. The molecule has 1 aliphatic rings. The average Bonchev–Trinajstić information content (AvgIpc) is 3.01. The number of esters is 1. The topological polar surface area (TPSA) is 52.3 Å². The molecule has 0 amide bonds. The van der Waals surface area contributed by atoms with E-state index in [4.69, 9.17) is 10.5 Å². The van der Waals surface area contributed by atoms with Gasteiger partial charge in [-0.05, 0) is 49.3 Å². The van der Waals surface area contributed by atoms with Crippen LogP contribution in [0.15, 0.2) is 24.3 Å². The Balaban J connectivity index is 1.89. The van der Waals surface area contributed by atoms with Gasteiger partial charge in [-0.3, -0.25) is 4.79 Å². The maximum atomic E-state index is 11.8. The van der Waals surface area contributed by atoms with E-state index >= 15 is 0 Å². The minimum absolute atomic E-state index is 0.296. The first kappa shape index (κ1) is 18.5. The highest BCUT2D eigenvalue weighted by Crippen LogP contribution is 2.40. The van der Waals surface area contributed by atoms with Crippen molar-refractivity contribution in [2.45, 2.75) is 69.7 Å². The highest BCUT2D eigenvalue weighted by Gasteiger charge is 2.43. The summed E-state index contributed by atoms with van der Waals surface area (Å²) in [7, 11) is 1.40. The van der Waals surface area contributed by atoms with Crippen LogP contribution >= 0.6 is 0 Å². The molecule has 0 aliphatic heterocycles. The maximum Gasteiger partial charge on any atom is 0.325 e. The summed E-state index contributed by atoms with van der Waals surface area (Å²) >= 11 is 0. The van der Waals surface area contributed by atoms with E-state index in [-0.39, 0.29) is 5.97 Å². The molecule has 0 heterocycles. The van der Waals surface area contributed by atoms with Crippen molar-refractivity contribution in [2.24, 2.45) is 5.73 Å². The second-order valence-electron chi connectivity index (χ2n) is 6.82. The van der Waals surface area contributed by atoms with Gasteiger partial charge in [0.15, 0.2) is 0 Å². The summed E-state index contributed by atoms with van der Waals surface area (Å²) in [6.45, 7) is 2.22. The van der Waals surface area contributed by atoms with Gasteiger partial charge in [0.25, 0.3) is 0 Å². The molecule has 1 aromatic carbocycles. The summed E-state index contributed by atoms with van der Waals surface area (Å²) in [6, 6.07) is 8.38. The van der Waals surface area contributed by atoms with E-state index < -0.39 is 5.54 Å². The third-order valence-electron chi connectivity index (χ3n) is 4.91. The van der Waals surface area contributed by atoms with Crippen molar-refractivity contribution >= 4 is 5.97 Å². The van der Waals surface area contributed by atoms with Gasteiger partial charge in [-0.1, -0.05) is 50.2 Å². The summed E-state index contributed by atoms with van der Waals surface area (Å²) in [6.07, 6.45) is 8.25. The van der Waals surface area contributed by atoms with Gasteiger partial charge >= 0.3 is 5.97 Å². The number of methoxy groups -OCH3 is 1. The van der Waals surface area contributed by atoms with Crippen molar-refractivity contribution in [1.29, 1.82) is 0 Å². The molecule has 0 saturated heterocycles. The van der Waals surface area contributed by atoms with Gasteiger partial charge < -0.3 is 10.5 Å². The van der Waals surface area contributed by atoms with Crippen LogP contribution in [0.2, 0.25) is 0 Å². The Morgan fingerprint density at radius 1 is 1.29 bits per heavy atom. The van der Waals surface area contributed by atoms with Gasteiger partial charge in [-0.15, -0.1) is 0 Å². The Morgan fingerprint density at radius 2 is 2.04 bits per heavy atom. The standard InChI is InChI=1S/C21H29NO2/c1-3-4-5-6-7-8-9-17-10-12-18(13-11-17)19-14-15-21(22,16-19)20(23)24-2/h10-13,19H,3-7,14-16,22H2,1-2H3. The molecular weight excluding hydrogens is 298 g/mol. The van der Waals surface area contributed by atoms with E-state index in [1.165, 1.54) is 38.4 Å². The van der Waals surface area contributed by atoms with Crippen LogP contribution in [-0.4, -0.2) is 18.6 Å². The van der Waals surface area contributed by atoms with Crippen LogP contribution in [0.3, 0.4) is 0 Å². The Labute approximate surface area is 146 Å². The molecule has 1 aromatic rings. The van der Waals surface area contributed by atoms with E-state index in [1.807, 2.05) is 0 Å². The normalized spacial score (nSPS) is 22.7. The third-order valence-corrected chi connectivity index (χ3v) is 4.91. The molecule has 24 heavy (non-hydrogen) atoms. The summed E-state index contributed by atoms with van der Waals surface area (Å²) in [5.74, 6) is 6.52. The lowest BCUT2D eigenvalue weighted by Crippen LogP contribution is -2.46. The molecule has 0 spiro atoms. The predicted octanol–water partition coefficient (Wildman–Crippen LogP) is 4.15. The van der Waals surface area contributed by atoms with Crippen molar-refractivity contribution in [1.82, 2.24) is 0 Å². The minimum Gasteiger partial charge on any atom is -0.468 e. The zero-order chi connectivity index (χ0) is 17.4. The number of hydrogen-bond donors (Lipinski definition) is 1. The molecule has 3 heteroatoms. The molecule has 3 nitrogen and oxygen atoms in total. The van der Waals surface area contributed by atoms with E-state index in [1.54, 1.807) is 0 Å². The van der Waals surface area contributed by atoms with Gasteiger partial charge in [0.1, 0.15) is 5.54 Å². The maximum absolute atomic E-state index is 11.8. The van der Waals surface area contributed by atoms with Crippen LogP contribution in [0, 0.1) is 11.8 Å². The molecule has 1 saturated carbocycles. The minimum atomic E-state index is -0.823. The lowest BCUT2D eigenvalue weighted by Gasteiger charge is -2.20. The van der Waals surface area contributed by atoms with Crippen molar-refractivity contribution in [3.63, 3.8) is 0 Å². The SMILES string of the molecule is CCCCCCC#Cc1ccc(C2CCC(N)(C(=O)OC)C2)cc1. The first-order chi connectivity index (χ1) is 11.6. The number of benzene rings is 1. The Kier molecular flexibility index (Phi) is 6.87. The number of carbonyl (C=O) groups is 1. The summed E-state index contributed by atoms with van der Waals surface area (Å²) in [5.41, 5.74) is 7.66. The van der Waals surface area contributed by atoms with Gasteiger partial charge in [0.2, 0.25) is 0 Å². The molecule has 1 fully saturated rings. The smallest absolute Gasteiger partial charge is 0.325 e. The van der Waals surface area contributed by atoms with Crippen LogP contribution in [-0.2, 0) is 9.53 Å². The molecule has 2 unspecified atom stereocenters. The van der Waals surface area contributed by atoms with Crippen molar-refractivity contribution < 1.29 is 9.53 Å². The van der Waals surface area contributed by atoms with Gasteiger partial charge in [-0.2, -0.15) is 0 Å². The van der Waals surface area contributed by atoms with Gasteiger partial charge in [0, 0.05) is 12.0 Å². The molecule has 2 rings (SSSR count). The second kappa shape index (κ2) is 8.89. The number of carbonyl (C=O) groups excluding carboxylic acids is 1. The van der Waals surface area contributed by atoms with Crippen molar-refractivity contribution in [3.8, 4) is 11.8 Å². The molecule has 1 aliphatic carbocycles. The van der Waals surface area contributed by atoms with Crippen LogP contribution in [0.25, 0.3) is 0 Å². The first-order valence-electron chi connectivity index (χ1n) is 9.05. The number of nitrogens with two attached hydrogens (primary N) is 1. The van der Waals surface area contributed by atoms with Crippen LogP contribution in [0.4, 0.5) is 0 Å². The van der Waals surface area contributed by atoms with E-state index in [0.29, 0.717) is 18.8 Å². The molecular formula is C21H29NO2. The third kappa shape index (κ3) is 4.85. The monoisotopic (exact) mass is 327 g/mol. The molecule has 0 bridgehead atoms. The first-order valence-corrected chi connectivity index (χ1v) is 9.05. The average molecular weight is 327 g/mol. The van der Waals surface area contributed by atoms with Crippen molar-refractivity contribution in [3.05, 3.63) is 35.4 Å². The molecule has 130 valence electrons. The fourth-order valence-corrected chi connectivity index (χ4v) is 3.39. The van der Waals surface area contributed by atoms with Crippen LogP contribution in [0.1, 0.15) is 75.3 Å². The fourth-order valence-electron chi connectivity index (χ4n) is 3.39. The molecule has 0 aromatic heterocycles. The lowest BCUT2D eigenvalue weighted by molar-refractivity contribution is -0.146. The molecule has 2 atom stereocenters. The van der Waals surface area contributed by atoms with Crippen LogP contribution in [0.5, 0.6) is 0 Å².